The molecule has 7 nitrogen and oxygen atoms in total. The molecule has 1 saturated heterocycles. The van der Waals surface area contributed by atoms with E-state index >= 15 is 0 Å². The zero-order valence-electron chi connectivity index (χ0n) is 21.5. The minimum Gasteiger partial charge on any atom is -0.351 e. The molecule has 0 spiro atoms. The molecular formula is C31H25N5O2S2. The summed E-state index contributed by atoms with van der Waals surface area (Å²) in [6.45, 7) is 2.09. The molecular weight excluding hydrogens is 539 g/mol. The fraction of sp³-hybridized carbons (Fsp3) is 0.0968. The molecule has 2 aromatic heterocycles. The molecule has 0 amide bonds. The lowest BCUT2D eigenvalue weighted by Crippen LogP contribution is -2.30. The van der Waals surface area contributed by atoms with Crippen LogP contribution in [0, 0.1) is 17.0 Å². The highest BCUT2D eigenvalue weighted by atomic mass is 32.2. The standard InChI is InChI=1S/C31H25N5O2S2/c1-21-7-9-22(10-8-21)34-20-4-6-28(34)30-29(27-5-2-3-19-32-27)33-31(39)35(30)23-11-15-25(16-12-23)40-26-17-13-24(14-18-26)36(37)38/h2-20,29-30H,1H3,(H,33,39). The summed E-state index contributed by atoms with van der Waals surface area (Å²) in [5.41, 5.74) is 5.35. The molecule has 0 saturated carbocycles. The predicted octanol–water partition coefficient (Wildman–Crippen LogP) is 7.42. The topological polar surface area (TPSA) is 76.2 Å². The molecule has 1 aliphatic heterocycles. The van der Waals surface area contributed by atoms with Crippen LogP contribution < -0.4 is 10.2 Å². The monoisotopic (exact) mass is 563 g/mol. The number of nitro groups is 1. The smallest absolute Gasteiger partial charge is 0.269 e. The molecule has 1 N–H and O–H groups in total. The van der Waals surface area contributed by atoms with Crippen LogP contribution in [0.2, 0.25) is 0 Å². The molecule has 6 rings (SSSR count). The summed E-state index contributed by atoms with van der Waals surface area (Å²) in [7, 11) is 0. The van der Waals surface area contributed by atoms with Crippen LogP contribution in [-0.4, -0.2) is 19.6 Å². The number of nitrogens with zero attached hydrogens (tertiary/aromatic N) is 4. The van der Waals surface area contributed by atoms with Gasteiger partial charge in [-0.05, 0) is 91.9 Å². The van der Waals surface area contributed by atoms with Crippen molar-refractivity contribution in [2.75, 3.05) is 4.90 Å². The van der Waals surface area contributed by atoms with Gasteiger partial charge in [0.25, 0.3) is 5.69 Å². The Balaban J connectivity index is 1.35. The number of thiocarbonyl (C=S) groups is 1. The Labute approximate surface area is 241 Å². The normalized spacial score (nSPS) is 16.6. The second-order valence-corrected chi connectivity index (χ2v) is 11.0. The van der Waals surface area contributed by atoms with E-state index in [2.05, 4.69) is 81.4 Å². The number of rotatable bonds is 7. The summed E-state index contributed by atoms with van der Waals surface area (Å²) in [6.07, 6.45) is 3.89. The van der Waals surface area contributed by atoms with E-state index in [0.717, 1.165) is 32.6 Å². The van der Waals surface area contributed by atoms with E-state index in [9.17, 15) is 10.1 Å². The van der Waals surface area contributed by atoms with E-state index in [1.165, 1.54) is 17.7 Å². The lowest BCUT2D eigenvalue weighted by Gasteiger charge is -2.29. The highest BCUT2D eigenvalue weighted by Crippen LogP contribution is 2.43. The molecule has 3 heterocycles. The third-order valence-electron chi connectivity index (χ3n) is 6.89. The van der Waals surface area contributed by atoms with Gasteiger partial charge in [-0.25, -0.2) is 0 Å². The second kappa shape index (κ2) is 11.0. The van der Waals surface area contributed by atoms with Crippen LogP contribution in [0.25, 0.3) is 5.69 Å². The van der Waals surface area contributed by atoms with Crippen molar-refractivity contribution < 1.29 is 4.92 Å². The highest BCUT2D eigenvalue weighted by molar-refractivity contribution is 7.99. The fourth-order valence-corrected chi connectivity index (χ4v) is 6.12. The number of benzene rings is 3. The number of hydrogen-bond donors (Lipinski definition) is 1. The summed E-state index contributed by atoms with van der Waals surface area (Å²) in [5, 5.41) is 15.1. The first-order chi connectivity index (χ1) is 19.5. The molecule has 2 unspecified atom stereocenters. The van der Waals surface area contributed by atoms with Crippen molar-refractivity contribution >= 4 is 40.5 Å². The number of pyridine rings is 1. The molecule has 2 atom stereocenters. The van der Waals surface area contributed by atoms with E-state index in [1.807, 2.05) is 36.5 Å². The van der Waals surface area contributed by atoms with Gasteiger partial charge >= 0.3 is 0 Å². The van der Waals surface area contributed by atoms with Gasteiger partial charge in [0, 0.05) is 51.4 Å². The zero-order chi connectivity index (χ0) is 27.6. The summed E-state index contributed by atoms with van der Waals surface area (Å²) in [4.78, 5) is 19.4. The number of nitrogens with one attached hydrogen (secondary N) is 1. The Kier molecular flexibility index (Phi) is 7.06. The summed E-state index contributed by atoms with van der Waals surface area (Å²) < 4.78 is 2.21. The molecule has 1 fully saturated rings. The van der Waals surface area contributed by atoms with Crippen LogP contribution >= 0.6 is 24.0 Å². The Bertz CT molecular complexity index is 1650. The third kappa shape index (κ3) is 5.09. The van der Waals surface area contributed by atoms with E-state index in [0.29, 0.717) is 5.11 Å². The SMILES string of the molecule is Cc1ccc(-n2cccc2C2C(c3ccccn3)NC(=S)N2c2ccc(Sc3ccc([N+](=O)[O-])cc3)cc2)cc1. The molecule has 40 heavy (non-hydrogen) atoms. The molecule has 5 aromatic rings. The average molecular weight is 564 g/mol. The van der Waals surface area contributed by atoms with Crippen molar-refractivity contribution in [1.82, 2.24) is 14.9 Å². The van der Waals surface area contributed by atoms with Crippen molar-refractivity contribution in [2.24, 2.45) is 0 Å². The lowest BCUT2D eigenvalue weighted by molar-refractivity contribution is -0.384. The third-order valence-corrected chi connectivity index (χ3v) is 8.22. The van der Waals surface area contributed by atoms with E-state index in [4.69, 9.17) is 12.2 Å². The number of nitro benzene ring substituents is 1. The van der Waals surface area contributed by atoms with Crippen LogP contribution in [0.15, 0.2) is 125 Å². The van der Waals surface area contributed by atoms with Crippen LogP contribution in [-0.2, 0) is 0 Å². The van der Waals surface area contributed by atoms with Gasteiger partial charge in [0.2, 0.25) is 0 Å². The highest BCUT2D eigenvalue weighted by Gasteiger charge is 2.42. The Morgan fingerprint density at radius 3 is 2.20 bits per heavy atom. The molecule has 0 bridgehead atoms. The van der Waals surface area contributed by atoms with Gasteiger partial charge < -0.3 is 14.8 Å². The van der Waals surface area contributed by atoms with Crippen molar-refractivity contribution in [3.63, 3.8) is 0 Å². The van der Waals surface area contributed by atoms with Gasteiger partial charge in [-0.15, -0.1) is 0 Å². The molecule has 0 radical (unpaired) electrons. The van der Waals surface area contributed by atoms with Crippen LogP contribution in [0.4, 0.5) is 11.4 Å². The van der Waals surface area contributed by atoms with Crippen molar-refractivity contribution in [1.29, 1.82) is 0 Å². The second-order valence-electron chi connectivity index (χ2n) is 9.48. The summed E-state index contributed by atoms with van der Waals surface area (Å²) >= 11 is 7.47. The summed E-state index contributed by atoms with van der Waals surface area (Å²) in [5.74, 6) is 0. The number of non-ortho nitro benzene ring substituents is 1. The molecule has 0 aliphatic carbocycles. The van der Waals surface area contributed by atoms with E-state index in [1.54, 1.807) is 23.9 Å². The van der Waals surface area contributed by atoms with Gasteiger partial charge in [0.1, 0.15) is 6.04 Å². The first kappa shape index (κ1) is 25.8. The van der Waals surface area contributed by atoms with Crippen LogP contribution in [0.5, 0.6) is 0 Å². The fourth-order valence-electron chi connectivity index (χ4n) is 4.96. The van der Waals surface area contributed by atoms with Crippen molar-refractivity contribution in [2.45, 2.75) is 28.8 Å². The predicted molar refractivity (Wildman–Crippen MR) is 162 cm³/mol. The quantitative estimate of drug-likeness (QED) is 0.125. The number of aromatic nitrogens is 2. The van der Waals surface area contributed by atoms with Crippen molar-refractivity contribution in [3.8, 4) is 5.69 Å². The van der Waals surface area contributed by atoms with Gasteiger partial charge in [-0.1, -0.05) is 35.5 Å². The summed E-state index contributed by atoms with van der Waals surface area (Å²) in [6, 6.07) is 33.1. The molecule has 3 aromatic carbocycles. The van der Waals surface area contributed by atoms with Gasteiger partial charge in [0.15, 0.2) is 5.11 Å². The van der Waals surface area contributed by atoms with Crippen LogP contribution in [0.1, 0.15) is 29.0 Å². The molecule has 9 heteroatoms. The Morgan fingerprint density at radius 1 is 0.875 bits per heavy atom. The van der Waals surface area contributed by atoms with Crippen LogP contribution in [0.3, 0.4) is 0 Å². The number of hydrogen-bond acceptors (Lipinski definition) is 5. The maximum absolute atomic E-state index is 11.0. The lowest BCUT2D eigenvalue weighted by atomic mass is 10.0. The number of aryl methyl sites for hydroxylation is 1. The zero-order valence-corrected chi connectivity index (χ0v) is 23.2. The van der Waals surface area contributed by atoms with E-state index in [-0.39, 0.29) is 22.7 Å². The minimum absolute atomic E-state index is 0.0821. The molecule has 1 aliphatic rings. The van der Waals surface area contributed by atoms with Gasteiger partial charge in [-0.2, -0.15) is 0 Å². The Morgan fingerprint density at radius 2 is 1.55 bits per heavy atom. The maximum Gasteiger partial charge on any atom is 0.269 e. The Hall–Kier alpha value is -4.47. The first-order valence-corrected chi connectivity index (χ1v) is 14.0. The first-order valence-electron chi connectivity index (χ1n) is 12.8. The molecule has 198 valence electrons. The van der Waals surface area contributed by atoms with Crippen molar-refractivity contribution in [3.05, 3.63) is 143 Å². The number of anilines is 1. The average Bonchev–Trinajstić information content (AvgIpc) is 3.59. The van der Waals surface area contributed by atoms with Gasteiger partial charge in [0.05, 0.1) is 16.7 Å². The van der Waals surface area contributed by atoms with E-state index < -0.39 is 0 Å². The maximum atomic E-state index is 11.0. The largest absolute Gasteiger partial charge is 0.351 e. The van der Waals surface area contributed by atoms with Gasteiger partial charge in [-0.3, -0.25) is 15.1 Å². The minimum atomic E-state index is -0.389.